The number of methoxy groups -OCH3 is 1. The second-order valence-corrected chi connectivity index (χ2v) is 6.48. The van der Waals surface area contributed by atoms with Gasteiger partial charge in [-0.25, -0.2) is 0 Å². The minimum absolute atomic E-state index is 0.156. The van der Waals surface area contributed by atoms with E-state index in [1.165, 1.54) is 6.42 Å². The van der Waals surface area contributed by atoms with Crippen molar-refractivity contribution in [2.45, 2.75) is 19.9 Å². The summed E-state index contributed by atoms with van der Waals surface area (Å²) in [6.07, 6.45) is 1.19. The highest BCUT2D eigenvalue weighted by molar-refractivity contribution is 9.10. The molecule has 2 rings (SSSR count). The summed E-state index contributed by atoms with van der Waals surface area (Å²) in [5, 5.41) is 9.84. The molecule has 0 bridgehead atoms. The number of ether oxygens (including phenoxy) is 1. The highest BCUT2D eigenvalue weighted by Crippen LogP contribution is 2.36. The third-order valence-electron chi connectivity index (χ3n) is 4.22. The van der Waals surface area contributed by atoms with Crippen LogP contribution < -0.4 is 10.5 Å². The molecule has 1 aliphatic rings. The first-order valence-corrected chi connectivity index (χ1v) is 7.82. The van der Waals surface area contributed by atoms with Gasteiger partial charge in [-0.1, -0.05) is 6.92 Å². The van der Waals surface area contributed by atoms with Crippen LogP contribution in [0.2, 0.25) is 0 Å². The highest BCUT2D eigenvalue weighted by Gasteiger charge is 2.25. The number of halogens is 1. The number of nitrogens with zero attached hydrogens (tertiary/aromatic N) is 1. The molecule has 1 aromatic carbocycles. The minimum Gasteiger partial charge on any atom is -0.503 e. The first kappa shape index (κ1) is 15.6. The Morgan fingerprint density at radius 2 is 2.25 bits per heavy atom. The number of hydrogen-bond acceptors (Lipinski definition) is 4. The first-order chi connectivity index (χ1) is 9.55. The van der Waals surface area contributed by atoms with Gasteiger partial charge in [-0.3, -0.25) is 4.90 Å². The van der Waals surface area contributed by atoms with E-state index in [2.05, 4.69) is 27.8 Å². The van der Waals surface area contributed by atoms with Crippen LogP contribution in [0.3, 0.4) is 0 Å². The molecule has 112 valence electrons. The third-order valence-corrected chi connectivity index (χ3v) is 4.82. The van der Waals surface area contributed by atoms with Gasteiger partial charge < -0.3 is 15.6 Å². The molecule has 1 fully saturated rings. The fourth-order valence-corrected chi connectivity index (χ4v) is 3.30. The number of benzene rings is 1. The zero-order chi connectivity index (χ0) is 14.7. The summed E-state index contributed by atoms with van der Waals surface area (Å²) in [7, 11) is 1.57. The van der Waals surface area contributed by atoms with Crippen molar-refractivity contribution in [1.82, 2.24) is 4.90 Å². The fourth-order valence-electron chi connectivity index (χ4n) is 2.81. The van der Waals surface area contributed by atoms with Crippen LogP contribution in [0.4, 0.5) is 0 Å². The Bertz CT molecular complexity index is 467. The lowest BCUT2D eigenvalue weighted by molar-refractivity contribution is 0.126. The molecule has 0 aliphatic carbocycles. The molecule has 0 saturated carbocycles. The van der Waals surface area contributed by atoms with E-state index in [0.717, 1.165) is 31.7 Å². The van der Waals surface area contributed by atoms with Crippen LogP contribution in [0.5, 0.6) is 11.5 Å². The summed E-state index contributed by atoms with van der Waals surface area (Å²) in [6.45, 7) is 6.03. The summed E-state index contributed by atoms with van der Waals surface area (Å²) in [4.78, 5) is 2.43. The van der Waals surface area contributed by atoms with Gasteiger partial charge in [0.05, 0.1) is 11.6 Å². The summed E-state index contributed by atoms with van der Waals surface area (Å²) in [6, 6.07) is 3.85. The molecule has 1 aromatic rings. The van der Waals surface area contributed by atoms with Crippen LogP contribution in [0, 0.1) is 11.8 Å². The van der Waals surface area contributed by atoms with E-state index in [9.17, 15) is 5.11 Å². The zero-order valence-electron chi connectivity index (χ0n) is 12.1. The van der Waals surface area contributed by atoms with Crippen LogP contribution in [-0.2, 0) is 6.54 Å². The van der Waals surface area contributed by atoms with Gasteiger partial charge in [-0.2, -0.15) is 0 Å². The predicted octanol–water partition coefficient (Wildman–Crippen LogP) is 2.58. The van der Waals surface area contributed by atoms with E-state index in [0.29, 0.717) is 22.1 Å². The Morgan fingerprint density at radius 3 is 2.90 bits per heavy atom. The summed E-state index contributed by atoms with van der Waals surface area (Å²) >= 11 is 3.37. The van der Waals surface area contributed by atoms with Gasteiger partial charge in [0.1, 0.15) is 0 Å². The monoisotopic (exact) mass is 342 g/mol. The van der Waals surface area contributed by atoms with Crippen molar-refractivity contribution in [1.29, 1.82) is 0 Å². The zero-order valence-corrected chi connectivity index (χ0v) is 13.7. The summed E-state index contributed by atoms with van der Waals surface area (Å²) in [5.74, 6) is 1.95. The second kappa shape index (κ2) is 6.78. The number of phenols is 1. The first-order valence-electron chi connectivity index (χ1n) is 7.03. The molecule has 0 aromatic heterocycles. The van der Waals surface area contributed by atoms with E-state index in [1.807, 2.05) is 12.1 Å². The standard InChI is InChI=1S/C15H23BrN2O2/c1-10-3-4-18(9-12(10)7-17)8-11-5-13(16)15(19)14(6-11)20-2/h5-6,10,12,19H,3-4,7-9,17H2,1-2H3. The van der Waals surface area contributed by atoms with Gasteiger partial charge in [0.15, 0.2) is 11.5 Å². The van der Waals surface area contributed by atoms with Gasteiger partial charge in [-0.15, -0.1) is 0 Å². The number of aromatic hydroxyl groups is 1. The molecule has 0 radical (unpaired) electrons. The molecule has 1 saturated heterocycles. The quantitative estimate of drug-likeness (QED) is 0.882. The van der Waals surface area contributed by atoms with E-state index >= 15 is 0 Å². The van der Waals surface area contributed by atoms with Crippen molar-refractivity contribution in [2.75, 3.05) is 26.7 Å². The summed E-state index contributed by atoms with van der Waals surface area (Å²) < 4.78 is 5.87. The topological polar surface area (TPSA) is 58.7 Å². The minimum atomic E-state index is 0.156. The van der Waals surface area contributed by atoms with E-state index in [-0.39, 0.29) is 5.75 Å². The molecule has 20 heavy (non-hydrogen) atoms. The molecule has 4 nitrogen and oxygen atoms in total. The van der Waals surface area contributed by atoms with Crippen molar-refractivity contribution >= 4 is 15.9 Å². The van der Waals surface area contributed by atoms with Crippen molar-refractivity contribution < 1.29 is 9.84 Å². The van der Waals surface area contributed by atoms with Crippen LogP contribution in [0.1, 0.15) is 18.9 Å². The van der Waals surface area contributed by atoms with Crippen molar-refractivity contribution in [3.63, 3.8) is 0 Å². The smallest absolute Gasteiger partial charge is 0.172 e. The molecule has 1 heterocycles. The van der Waals surface area contributed by atoms with Gasteiger partial charge in [0.2, 0.25) is 0 Å². The van der Waals surface area contributed by atoms with E-state index in [4.69, 9.17) is 10.5 Å². The second-order valence-electron chi connectivity index (χ2n) is 5.63. The van der Waals surface area contributed by atoms with Crippen LogP contribution in [0.15, 0.2) is 16.6 Å². The van der Waals surface area contributed by atoms with Crippen molar-refractivity contribution in [2.24, 2.45) is 17.6 Å². The average Bonchev–Trinajstić information content (AvgIpc) is 2.44. The van der Waals surface area contributed by atoms with Gasteiger partial charge in [-0.05, 0) is 65.0 Å². The van der Waals surface area contributed by atoms with Gasteiger partial charge >= 0.3 is 0 Å². The number of rotatable bonds is 4. The van der Waals surface area contributed by atoms with Crippen LogP contribution in [-0.4, -0.2) is 36.8 Å². The maximum atomic E-state index is 9.84. The molecule has 5 heteroatoms. The average molecular weight is 343 g/mol. The largest absolute Gasteiger partial charge is 0.503 e. The molecular formula is C15H23BrN2O2. The number of phenolic OH excluding ortho intramolecular Hbond substituents is 1. The maximum absolute atomic E-state index is 9.84. The Labute approximate surface area is 129 Å². The molecule has 1 aliphatic heterocycles. The lowest BCUT2D eigenvalue weighted by Crippen LogP contribution is -2.42. The Balaban J connectivity index is 2.08. The van der Waals surface area contributed by atoms with Crippen LogP contribution >= 0.6 is 15.9 Å². The molecule has 2 atom stereocenters. The molecule has 0 spiro atoms. The molecule has 3 N–H and O–H groups in total. The number of piperidine rings is 1. The lowest BCUT2D eigenvalue weighted by Gasteiger charge is -2.36. The number of likely N-dealkylation sites (tertiary alicyclic amines) is 1. The Hall–Kier alpha value is -0.780. The van der Waals surface area contributed by atoms with Gasteiger partial charge in [0, 0.05) is 13.1 Å². The summed E-state index contributed by atoms with van der Waals surface area (Å²) in [5.41, 5.74) is 6.99. The molecule has 0 amide bonds. The molecular weight excluding hydrogens is 320 g/mol. The third kappa shape index (κ3) is 3.45. The predicted molar refractivity (Wildman–Crippen MR) is 84.0 cm³/mol. The normalized spacial score (nSPS) is 23.8. The highest BCUT2D eigenvalue weighted by atomic mass is 79.9. The number of nitrogens with two attached hydrogens (primary N) is 1. The van der Waals surface area contributed by atoms with Crippen LogP contribution in [0.25, 0.3) is 0 Å². The van der Waals surface area contributed by atoms with Crippen molar-refractivity contribution in [3.05, 3.63) is 22.2 Å². The van der Waals surface area contributed by atoms with E-state index in [1.54, 1.807) is 7.11 Å². The Kier molecular flexibility index (Phi) is 5.29. The number of hydrogen-bond donors (Lipinski definition) is 2. The maximum Gasteiger partial charge on any atom is 0.172 e. The fraction of sp³-hybridized carbons (Fsp3) is 0.600. The van der Waals surface area contributed by atoms with Crippen molar-refractivity contribution in [3.8, 4) is 11.5 Å². The van der Waals surface area contributed by atoms with E-state index < -0.39 is 0 Å². The molecule has 2 unspecified atom stereocenters. The lowest BCUT2D eigenvalue weighted by atomic mass is 9.87. The SMILES string of the molecule is COc1cc(CN2CCC(C)C(CN)C2)cc(Br)c1O. The Morgan fingerprint density at radius 1 is 1.50 bits per heavy atom. The van der Waals surface area contributed by atoms with Gasteiger partial charge in [0.25, 0.3) is 0 Å².